The Hall–Kier alpha value is -1.40. The molecule has 2 rings (SSSR count). The molecule has 2 atom stereocenters. The zero-order valence-corrected chi connectivity index (χ0v) is 8.85. The first-order valence-electron chi connectivity index (χ1n) is 4.93. The molecule has 0 saturated heterocycles. The van der Waals surface area contributed by atoms with Gasteiger partial charge in [-0.1, -0.05) is 0 Å². The Morgan fingerprint density at radius 1 is 1.44 bits per heavy atom. The number of aryl methyl sites for hydroxylation is 1. The number of hydrogen-bond donors (Lipinski definition) is 2. The van der Waals surface area contributed by atoms with Crippen LogP contribution >= 0.6 is 0 Å². The van der Waals surface area contributed by atoms with Crippen molar-refractivity contribution in [3.05, 3.63) is 15.9 Å². The van der Waals surface area contributed by atoms with Gasteiger partial charge >= 0.3 is 6.18 Å². The van der Waals surface area contributed by atoms with Crippen LogP contribution in [-0.4, -0.2) is 22.0 Å². The maximum absolute atomic E-state index is 12.8. The molecular weight excluding hydrogens is 223 g/mol. The lowest BCUT2D eigenvalue weighted by atomic mass is 9.90. The normalized spacial score (nSPS) is 25.1. The van der Waals surface area contributed by atoms with E-state index in [4.69, 9.17) is 0 Å². The van der Waals surface area contributed by atoms with Crippen LogP contribution in [0.5, 0.6) is 0 Å². The van der Waals surface area contributed by atoms with Gasteiger partial charge in [-0.15, -0.1) is 0 Å². The summed E-state index contributed by atoms with van der Waals surface area (Å²) in [4.78, 5) is 11.4. The van der Waals surface area contributed by atoms with Crippen LogP contribution in [-0.2, 0) is 7.05 Å². The second kappa shape index (κ2) is 3.29. The lowest BCUT2D eigenvalue weighted by Gasteiger charge is -2.29. The summed E-state index contributed by atoms with van der Waals surface area (Å²) >= 11 is 0. The summed E-state index contributed by atoms with van der Waals surface area (Å²) in [5, 5.41) is 5.22. The fourth-order valence-corrected chi connectivity index (χ4v) is 2.12. The molecule has 1 aliphatic heterocycles. The van der Waals surface area contributed by atoms with Crippen LogP contribution < -0.4 is 10.9 Å². The van der Waals surface area contributed by atoms with Gasteiger partial charge in [0.15, 0.2) is 0 Å². The topological polar surface area (TPSA) is 49.8 Å². The summed E-state index contributed by atoms with van der Waals surface area (Å²) in [7, 11) is 1.51. The van der Waals surface area contributed by atoms with E-state index in [0.29, 0.717) is 0 Å². The van der Waals surface area contributed by atoms with Gasteiger partial charge in [0.1, 0.15) is 5.82 Å². The van der Waals surface area contributed by atoms with E-state index in [9.17, 15) is 18.0 Å². The number of hydrogen-bond acceptors (Lipinski definition) is 2. The molecule has 2 heterocycles. The molecule has 16 heavy (non-hydrogen) atoms. The van der Waals surface area contributed by atoms with Crippen LogP contribution in [0.1, 0.15) is 24.8 Å². The highest BCUT2D eigenvalue weighted by Gasteiger charge is 2.47. The van der Waals surface area contributed by atoms with Gasteiger partial charge in [-0.3, -0.25) is 14.6 Å². The van der Waals surface area contributed by atoms with Crippen LogP contribution in [0.15, 0.2) is 4.79 Å². The second-order valence-electron chi connectivity index (χ2n) is 4.14. The Labute approximate surface area is 89.4 Å². The average Bonchev–Trinajstić information content (AvgIpc) is 2.40. The predicted octanol–water partition coefficient (Wildman–Crippen LogP) is 1.56. The van der Waals surface area contributed by atoms with E-state index < -0.39 is 17.7 Å². The molecule has 0 amide bonds. The van der Waals surface area contributed by atoms with Crippen LogP contribution in [0, 0.1) is 0 Å². The number of anilines is 1. The number of halogens is 3. The number of alkyl halides is 3. The highest BCUT2D eigenvalue weighted by molar-refractivity contribution is 5.50. The molecule has 1 aromatic heterocycles. The molecule has 2 N–H and O–H groups in total. The maximum Gasteiger partial charge on any atom is 0.396 e. The number of aromatic nitrogens is 2. The smallest absolute Gasteiger partial charge is 0.368 e. The lowest BCUT2D eigenvalue weighted by molar-refractivity contribution is -0.153. The third kappa shape index (κ3) is 1.60. The van der Waals surface area contributed by atoms with Gasteiger partial charge in [0.05, 0.1) is 11.5 Å². The van der Waals surface area contributed by atoms with Gasteiger partial charge < -0.3 is 5.32 Å². The van der Waals surface area contributed by atoms with Gasteiger partial charge in [-0.25, -0.2) is 0 Å². The van der Waals surface area contributed by atoms with E-state index in [0.717, 1.165) is 0 Å². The summed E-state index contributed by atoms with van der Waals surface area (Å²) in [6, 6.07) is -0.305. The largest absolute Gasteiger partial charge is 0.396 e. The minimum atomic E-state index is -4.38. The second-order valence-corrected chi connectivity index (χ2v) is 4.14. The third-order valence-corrected chi connectivity index (χ3v) is 2.82. The van der Waals surface area contributed by atoms with Crippen LogP contribution in [0.4, 0.5) is 19.0 Å². The summed E-state index contributed by atoms with van der Waals surface area (Å²) in [5.41, 5.74) is -0.868. The zero-order chi connectivity index (χ0) is 12.1. The molecule has 0 fully saturated rings. The maximum atomic E-state index is 12.8. The number of aromatic amines is 1. The number of H-pyrrole nitrogens is 1. The SMILES string of the molecule is C[C@@H]1C[C@H](C(F)(F)F)c2c(n(C)[nH]c2=O)N1. The molecule has 0 bridgehead atoms. The van der Waals surface area contributed by atoms with Crippen molar-refractivity contribution in [1.82, 2.24) is 9.78 Å². The van der Waals surface area contributed by atoms with Crippen molar-refractivity contribution >= 4 is 5.82 Å². The molecule has 1 aromatic rings. The van der Waals surface area contributed by atoms with E-state index >= 15 is 0 Å². The molecule has 0 radical (unpaired) electrons. The number of nitrogens with zero attached hydrogens (tertiary/aromatic N) is 1. The highest BCUT2D eigenvalue weighted by Crippen LogP contribution is 2.42. The van der Waals surface area contributed by atoms with E-state index in [1.165, 1.54) is 11.7 Å². The first-order chi connectivity index (χ1) is 7.30. The average molecular weight is 235 g/mol. The third-order valence-electron chi connectivity index (χ3n) is 2.82. The lowest BCUT2D eigenvalue weighted by Crippen LogP contribution is -2.35. The van der Waals surface area contributed by atoms with Crippen molar-refractivity contribution in [2.24, 2.45) is 7.05 Å². The quantitative estimate of drug-likeness (QED) is 0.717. The van der Waals surface area contributed by atoms with Gasteiger partial charge in [0, 0.05) is 13.1 Å². The minimum Gasteiger partial charge on any atom is -0.368 e. The molecule has 0 saturated carbocycles. The molecule has 0 aromatic carbocycles. The van der Waals surface area contributed by atoms with Crippen molar-refractivity contribution < 1.29 is 13.2 Å². The fourth-order valence-electron chi connectivity index (χ4n) is 2.12. The van der Waals surface area contributed by atoms with E-state index in [2.05, 4.69) is 10.4 Å². The molecule has 7 heteroatoms. The number of nitrogens with one attached hydrogen (secondary N) is 2. The first kappa shape index (κ1) is 11.1. The van der Waals surface area contributed by atoms with E-state index in [-0.39, 0.29) is 23.8 Å². The Bertz CT molecular complexity index is 460. The van der Waals surface area contributed by atoms with E-state index in [1.807, 2.05) is 0 Å². The van der Waals surface area contributed by atoms with Crippen molar-refractivity contribution in [3.8, 4) is 0 Å². The summed E-state index contributed by atoms with van der Waals surface area (Å²) < 4.78 is 39.7. The van der Waals surface area contributed by atoms with Crippen molar-refractivity contribution in [3.63, 3.8) is 0 Å². The Kier molecular flexibility index (Phi) is 2.28. The molecule has 4 nitrogen and oxygen atoms in total. The Balaban J connectivity index is 2.58. The summed E-state index contributed by atoms with van der Waals surface area (Å²) in [6.07, 6.45) is -4.48. The van der Waals surface area contributed by atoms with Crippen molar-refractivity contribution in [2.75, 3.05) is 5.32 Å². The zero-order valence-electron chi connectivity index (χ0n) is 8.85. The molecule has 90 valence electrons. The molecule has 0 aliphatic carbocycles. The Morgan fingerprint density at radius 3 is 2.62 bits per heavy atom. The predicted molar refractivity (Wildman–Crippen MR) is 52.5 cm³/mol. The Morgan fingerprint density at radius 2 is 2.06 bits per heavy atom. The molecular formula is C9H12F3N3O. The highest BCUT2D eigenvalue weighted by atomic mass is 19.4. The molecule has 0 spiro atoms. The van der Waals surface area contributed by atoms with Gasteiger partial charge in [-0.2, -0.15) is 13.2 Å². The summed E-state index contributed by atoms with van der Waals surface area (Å²) in [6.45, 7) is 1.67. The minimum absolute atomic E-state index is 0.108. The van der Waals surface area contributed by atoms with Crippen LogP contribution in [0.2, 0.25) is 0 Å². The summed E-state index contributed by atoms with van der Waals surface area (Å²) in [5.74, 6) is -1.44. The van der Waals surface area contributed by atoms with Gasteiger partial charge in [-0.05, 0) is 13.3 Å². The first-order valence-corrected chi connectivity index (χ1v) is 4.93. The standard InChI is InChI=1S/C9H12F3N3O/c1-4-3-5(9(10,11)12)6-7(13-4)15(2)14-8(6)16/h4-5,13H,3H2,1-2H3,(H,14,16)/t4-,5+/m1/s1. The number of fused-ring (bicyclic) bond motifs is 1. The monoisotopic (exact) mass is 235 g/mol. The van der Waals surface area contributed by atoms with Crippen LogP contribution in [0.3, 0.4) is 0 Å². The number of rotatable bonds is 0. The van der Waals surface area contributed by atoms with Gasteiger partial charge in [0.25, 0.3) is 5.56 Å². The van der Waals surface area contributed by atoms with Crippen LogP contribution in [0.25, 0.3) is 0 Å². The fraction of sp³-hybridized carbons (Fsp3) is 0.667. The van der Waals surface area contributed by atoms with Crippen molar-refractivity contribution in [1.29, 1.82) is 0 Å². The van der Waals surface area contributed by atoms with E-state index in [1.54, 1.807) is 6.92 Å². The van der Waals surface area contributed by atoms with Gasteiger partial charge in [0.2, 0.25) is 0 Å². The van der Waals surface area contributed by atoms with Crippen molar-refractivity contribution in [2.45, 2.75) is 31.5 Å². The molecule has 1 aliphatic rings. The molecule has 0 unspecified atom stereocenters.